The number of aryl methyl sites for hydroxylation is 1. The van der Waals surface area contributed by atoms with Gasteiger partial charge in [-0.05, 0) is 24.6 Å². The smallest absolute Gasteiger partial charge is 0.281 e. The van der Waals surface area contributed by atoms with Gasteiger partial charge in [0.15, 0.2) is 6.61 Å². The molecule has 10 heteroatoms. The van der Waals surface area contributed by atoms with E-state index in [2.05, 4.69) is 10.4 Å². The summed E-state index contributed by atoms with van der Waals surface area (Å²) >= 11 is 1.42. The number of amides is 1. The van der Waals surface area contributed by atoms with Crippen LogP contribution in [0.5, 0.6) is 5.75 Å². The number of thiophene rings is 1. The molecule has 0 radical (unpaired) electrons. The number of fused-ring (bicyclic) bond motifs is 1. The summed E-state index contributed by atoms with van der Waals surface area (Å²) in [7, 11) is 0. The third-order valence-corrected chi connectivity index (χ3v) is 5.53. The van der Waals surface area contributed by atoms with Gasteiger partial charge in [0.1, 0.15) is 16.9 Å². The van der Waals surface area contributed by atoms with E-state index in [0.29, 0.717) is 16.0 Å². The van der Waals surface area contributed by atoms with Crippen LogP contribution in [0.4, 0.5) is 5.69 Å². The average molecular weight is 436 g/mol. The first-order valence-electron chi connectivity index (χ1n) is 9.17. The molecule has 31 heavy (non-hydrogen) atoms. The predicted molar refractivity (Wildman–Crippen MR) is 117 cm³/mol. The number of nitrogens with zero attached hydrogens (tertiary/aromatic N) is 3. The van der Waals surface area contributed by atoms with Crippen LogP contribution in [0.15, 0.2) is 65.7 Å². The fourth-order valence-electron chi connectivity index (χ4n) is 3.11. The summed E-state index contributed by atoms with van der Waals surface area (Å²) in [6.07, 6.45) is 1.26. The molecule has 156 valence electrons. The Morgan fingerprint density at radius 3 is 2.58 bits per heavy atom. The lowest BCUT2D eigenvalue weighted by Crippen LogP contribution is -2.35. The molecule has 2 aromatic heterocycles. The van der Waals surface area contributed by atoms with Crippen LogP contribution in [0.1, 0.15) is 4.88 Å². The summed E-state index contributed by atoms with van der Waals surface area (Å²) < 4.78 is 6.36. The Kier molecular flexibility index (Phi) is 5.46. The standard InChI is InChI=1S/C21H16N4O5S/c1-13-18(14-5-3-2-4-6-14)19-20(31-13)22-12-24(21(19)27)23-17(26)11-30-16-9-7-15(8-10-16)25(28)29/h2-10,12H,11H2,1H3,(H,23,26). The van der Waals surface area contributed by atoms with Crippen molar-refractivity contribution in [3.8, 4) is 16.9 Å². The quantitative estimate of drug-likeness (QED) is 0.365. The van der Waals surface area contributed by atoms with Gasteiger partial charge in [0.2, 0.25) is 0 Å². The van der Waals surface area contributed by atoms with E-state index >= 15 is 0 Å². The number of benzene rings is 2. The second-order valence-corrected chi connectivity index (χ2v) is 7.78. The first-order chi connectivity index (χ1) is 14.9. The molecule has 0 atom stereocenters. The highest BCUT2D eigenvalue weighted by molar-refractivity contribution is 7.19. The maximum absolute atomic E-state index is 13.1. The maximum atomic E-state index is 13.1. The van der Waals surface area contributed by atoms with Gasteiger partial charge in [-0.15, -0.1) is 11.3 Å². The molecular weight excluding hydrogens is 420 g/mol. The van der Waals surface area contributed by atoms with Gasteiger partial charge in [-0.25, -0.2) is 9.66 Å². The number of ether oxygens (including phenoxy) is 1. The lowest BCUT2D eigenvalue weighted by molar-refractivity contribution is -0.384. The summed E-state index contributed by atoms with van der Waals surface area (Å²) in [6, 6.07) is 14.9. The third-order valence-electron chi connectivity index (χ3n) is 4.51. The SMILES string of the molecule is Cc1sc2ncn(NC(=O)COc3ccc([N+](=O)[O-])cc3)c(=O)c2c1-c1ccccc1. The minimum atomic E-state index is -0.574. The zero-order valence-corrected chi connectivity index (χ0v) is 17.1. The number of hydrogen-bond acceptors (Lipinski definition) is 7. The summed E-state index contributed by atoms with van der Waals surface area (Å²) in [6.45, 7) is 1.55. The van der Waals surface area contributed by atoms with Gasteiger partial charge < -0.3 is 4.74 Å². The third kappa shape index (κ3) is 4.14. The Labute approximate surface area is 179 Å². The van der Waals surface area contributed by atoms with Crippen molar-refractivity contribution in [1.29, 1.82) is 0 Å². The molecule has 1 N–H and O–H groups in total. The lowest BCUT2D eigenvalue weighted by atomic mass is 10.0. The largest absolute Gasteiger partial charge is 0.484 e. The molecule has 9 nitrogen and oxygen atoms in total. The predicted octanol–water partition coefficient (Wildman–Crippen LogP) is 3.49. The van der Waals surface area contributed by atoms with Crippen molar-refractivity contribution in [2.45, 2.75) is 6.92 Å². The normalized spacial score (nSPS) is 10.7. The van der Waals surface area contributed by atoms with Crippen LogP contribution >= 0.6 is 11.3 Å². The van der Waals surface area contributed by atoms with Crippen molar-refractivity contribution in [2.75, 3.05) is 12.0 Å². The van der Waals surface area contributed by atoms with Crippen molar-refractivity contribution in [2.24, 2.45) is 0 Å². The number of hydrogen-bond donors (Lipinski definition) is 1. The van der Waals surface area contributed by atoms with E-state index in [1.165, 1.54) is 41.9 Å². The van der Waals surface area contributed by atoms with Crippen LogP contribution in [0.2, 0.25) is 0 Å². The first kappa shape index (κ1) is 20.2. The maximum Gasteiger partial charge on any atom is 0.281 e. The number of nitro benzene ring substituents is 1. The van der Waals surface area contributed by atoms with Gasteiger partial charge >= 0.3 is 0 Å². The highest BCUT2D eigenvalue weighted by Gasteiger charge is 2.17. The van der Waals surface area contributed by atoms with Crippen LogP contribution in [-0.4, -0.2) is 27.1 Å². The minimum Gasteiger partial charge on any atom is -0.484 e. The number of carbonyl (C=O) groups is 1. The monoisotopic (exact) mass is 436 g/mol. The van der Waals surface area contributed by atoms with Crippen molar-refractivity contribution in [3.63, 3.8) is 0 Å². The summed E-state index contributed by atoms with van der Waals surface area (Å²) in [5, 5.41) is 11.1. The zero-order chi connectivity index (χ0) is 22.0. The van der Waals surface area contributed by atoms with Crippen LogP contribution in [-0.2, 0) is 4.79 Å². The molecule has 4 aromatic rings. The van der Waals surface area contributed by atoms with E-state index in [1.54, 1.807) is 0 Å². The fraction of sp³-hybridized carbons (Fsp3) is 0.0952. The lowest BCUT2D eigenvalue weighted by Gasteiger charge is -2.09. The van der Waals surface area contributed by atoms with Crippen LogP contribution in [0.3, 0.4) is 0 Å². The second kappa shape index (κ2) is 8.36. The van der Waals surface area contributed by atoms with Crippen LogP contribution < -0.4 is 15.7 Å². The Balaban J connectivity index is 1.54. The van der Waals surface area contributed by atoms with Gasteiger partial charge in [-0.3, -0.25) is 25.1 Å². The Morgan fingerprint density at radius 2 is 1.90 bits per heavy atom. The number of aromatic nitrogens is 2. The molecule has 0 saturated carbocycles. The van der Waals surface area contributed by atoms with Gasteiger partial charge in [0.05, 0.1) is 10.3 Å². The van der Waals surface area contributed by atoms with Crippen LogP contribution in [0.25, 0.3) is 21.3 Å². The van der Waals surface area contributed by atoms with Gasteiger partial charge in [-0.1, -0.05) is 30.3 Å². The Bertz CT molecular complexity index is 1330. The van der Waals surface area contributed by atoms with Gasteiger partial charge in [0, 0.05) is 22.6 Å². The number of nitrogens with one attached hydrogen (secondary N) is 1. The number of carbonyl (C=O) groups excluding carboxylic acids is 1. The number of nitro groups is 1. The van der Waals surface area contributed by atoms with E-state index in [9.17, 15) is 19.7 Å². The summed E-state index contributed by atoms with van der Waals surface area (Å²) in [4.78, 5) is 41.4. The van der Waals surface area contributed by atoms with E-state index in [-0.39, 0.29) is 12.3 Å². The van der Waals surface area contributed by atoms with Crippen molar-refractivity contribution in [3.05, 3.63) is 86.3 Å². The second-order valence-electron chi connectivity index (χ2n) is 6.57. The Morgan fingerprint density at radius 1 is 1.19 bits per heavy atom. The number of rotatable bonds is 6. The van der Waals surface area contributed by atoms with E-state index in [1.807, 2.05) is 37.3 Å². The van der Waals surface area contributed by atoms with Crippen molar-refractivity contribution < 1.29 is 14.5 Å². The molecule has 2 heterocycles. The molecule has 0 bridgehead atoms. The van der Waals surface area contributed by atoms with Crippen molar-refractivity contribution >= 4 is 33.1 Å². The molecule has 0 saturated heterocycles. The van der Waals surface area contributed by atoms with Crippen LogP contribution in [0, 0.1) is 17.0 Å². The molecular formula is C21H16N4O5S. The topological polar surface area (TPSA) is 116 Å². The van der Waals surface area contributed by atoms with E-state index < -0.39 is 16.4 Å². The summed E-state index contributed by atoms with van der Waals surface area (Å²) in [5.74, 6) is -0.281. The average Bonchev–Trinajstić information content (AvgIpc) is 3.12. The van der Waals surface area contributed by atoms with E-state index in [0.717, 1.165) is 20.7 Å². The van der Waals surface area contributed by atoms with Gasteiger partial charge in [-0.2, -0.15) is 0 Å². The Hall–Kier alpha value is -4.05. The number of non-ortho nitro benzene ring substituents is 1. The highest BCUT2D eigenvalue weighted by atomic mass is 32.1. The molecule has 0 fully saturated rings. The first-order valence-corrected chi connectivity index (χ1v) is 9.99. The van der Waals surface area contributed by atoms with Gasteiger partial charge in [0.25, 0.3) is 17.2 Å². The molecule has 0 aliphatic heterocycles. The molecule has 0 spiro atoms. The van der Waals surface area contributed by atoms with Crippen molar-refractivity contribution in [1.82, 2.24) is 9.66 Å². The molecule has 0 unspecified atom stereocenters. The minimum absolute atomic E-state index is 0.0805. The molecule has 2 aromatic carbocycles. The molecule has 0 aliphatic rings. The fourth-order valence-corrected chi connectivity index (χ4v) is 4.12. The molecule has 4 rings (SSSR count). The van der Waals surface area contributed by atoms with E-state index in [4.69, 9.17) is 4.74 Å². The zero-order valence-electron chi connectivity index (χ0n) is 16.3. The molecule has 1 amide bonds. The summed E-state index contributed by atoms with van der Waals surface area (Å²) in [5.41, 5.74) is 3.69. The molecule has 0 aliphatic carbocycles. The highest BCUT2D eigenvalue weighted by Crippen LogP contribution is 2.35.